The van der Waals surface area contributed by atoms with Gasteiger partial charge in [0.25, 0.3) is 10.0 Å². The fourth-order valence-corrected chi connectivity index (χ4v) is 6.36. The van der Waals surface area contributed by atoms with Gasteiger partial charge < -0.3 is 15.0 Å². The Bertz CT molecular complexity index is 1720. The molecule has 4 aromatic carbocycles. The van der Waals surface area contributed by atoms with Gasteiger partial charge in [-0.3, -0.25) is 13.9 Å². The molecule has 0 aliphatic rings. The maximum Gasteiger partial charge on any atom is 0.264 e. The first-order valence-electron chi connectivity index (χ1n) is 14.8. The maximum absolute atomic E-state index is 15.0. The number of sulfonamides is 1. The molecular formula is C35H37ClFN3O5S. The van der Waals surface area contributed by atoms with E-state index in [9.17, 15) is 18.0 Å². The molecule has 11 heteroatoms. The van der Waals surface area contributed by atoms with Crippen LogP contribution in [0.5, 0.6) is 5.75 Å². The largest absolute Gasteiger partial charge is 0.497 e. The summed E-state index contributed by atoms with van der Waals surface area (Å²) >= 11 is 6.11. The van der Waals surface area contributed by atoms with Crippen molar-refractivity contribution in [3.8, 4) is 5.75 Å². The molecule has 0 aromatic heterocycles. The summed E-state index contributed by atoms with van der Waals surface area (Å²) in [4.78, 5) is 29.5. The average Bonchev–Trinajstić information content (AvgIpc) is 3.06. The molecule has 0 radical (unpaired) electrons. The lowest BCUT2D eigenvalue weighted by Crippen LogP contribution is -2.54. The summed E-state index contributed by atoms with van der Waals surface area (Å²) < 4.78 is 49.4. The molecule has 0 saturated carbocycles. The number of rotatable bonds is 14. The first-order chi connectivity index (χ1) is 22.0. The Balaban J connectivity index is 1.81. The van der Waals surface area contributed by atoms with Gasteiger partial charge >= 0.3 is 0 Å². The Kier molecular flexibility index (Phi) is 11.8. The zero-order valence-corrected chi connectivity index (χ0v) is 27.5. The molecule has 0 spiro atoms. The number of halogens is 2. The summed E-state index contributed by atoms with van der Waals surface area (Å²) in [5.41, 5.74) is 1.14. The molecule has 8 nitrogen and oxygen atoms in total. The molecule has 0 saturated heterocycles. The van der Waals surface area contributed by atoms with E-state index in [0.717, 1.165) is 9.87 Å². The Morgan fingerprint density at radius 2 is 1.54 bits per heavy atom. The van der Waals surface area contributed by atoms with Crippen molar-refractivity contribution in [2.75, 3.05) is 18.0 Å². The van der Waals surface area contributed by atoms with Crippen LogP contribution in [-0.4, -0.2) is 50.9 Å². The zero-order valence-electron chi connectivity index (χ0n) is 25.9. The van der Waals surface area contributed by atoms with Gasteiger partial charge in [-0.15, -0.1) is 0 Å². The van der Waals surface area contributed by atoms with Gasteiger partial charge in [-0.05, 0) is 73.5 Å². The molecule has 0 aliphatic carbocycles. The minimum atomic E-state index is -4.32. The van der Waals surface area contributed by atoms with Crippen molar-refractivity contribution in [2.45, 2.75) is 50.2 Å². The standard InChI is InChI=1S/C35H37ClFN3O5S/c1-4-25(2)38-35(42)33(22-26-10-6-5-7-11-26)39(23-27-12-8-9-13-32(27)37)34(41)24-40(29-16-14-28(36)15-17-29)46(43,44)31-20-18-30(45-3)19-21-31/h5-21,25,33H,4,22-24H2,1-3H3,(H,38,42)/t25-,33+/m1/s1. The van der Waals surface area contributed by atoms with Crippen LogP contribution in [0.2, 0.25) is 5.02 Å². The summed E-state index contributed by atoms with van der Waals surface area (Å²) in [6.07, 6.45) is 0.769. The number of carbonyl (C=O) groups excluding carboxylic acids is 2. The molecule has 0 aliphatic heterocycles. The van der Waals surface area contributed by atoms with Gasteiger partial charge in [0, 0.05) is 29.6 Å². The van der Waals surface area contributed by atoms with Crippen LogP contribution in [0.3, 0.4) is 0 Å². The van der Waals surface area contributed by atoms with Crippen LogP contribution in [0.1, 0.15) is 31.4 Å². The number of hydrogen-bond acceptors (Lipinski definition) is 5. The van der Waals surface area contributed by atoms with Crippen molar-refractivity contribution in [1.82, 2.24) is 10.2 Å². The minimum Gasteiger partial charge on any atom is -0.497 e. The monoisotopic (exact) mass is 665 g/mol. The SMILES string of the molecule is CC[C@@H](C)NC(=O)[C@H](Cc1ccccc1)N(Cc1ccccc1F)C(=O)CN(c1ccc(Cl)cc1)S(=O)(=O)c1ccc(OC)cc1. The van der Waals surface area contributed by atoms with Crippen LogP contribution in [-0.2, 0) is 32.6 Å². The summed E-state index contributed by atoms with van der Waals surface area (Å²) in [5.74, 6) is -1.23. The van der Waals surface area contributed by atoms with Crippen LogP contribution in [0.4, 0.5) is 10.1 Å². The topological polar surface area (TPSA) is 96.0 Å². The van der Waals surface area contributed by atoms with E-state index < -0.39 is 40.2 Å². The number of nitrogens with one attached hydrogen (secondary N) is 1. The van der Waals surface area contributed by atoms with E-state index in [-0.39, 0.29) is 35.2 Å². The van der Waals surface area contributed by atoms with Gasteiger partial charge in [0.2, 0.25) is 11.8 Å². The Morgan fingerprint density at radius 1 is 0.913 bits per heavy atom. The van der Waals surface area contributed by atoms with Crippen LogP contribution in [0, 0.1) is 5.82 Å². The highest BCUT2D eigenvalue weighted by molar-refractivity contribution is 7.92. The molecule has 1 N–H and O–H groups in total. The van der Waals surface area contributed by atoms with Crippen molar-refractivity contribution in [3.05, 3.63) is 125 Å². The van der Waals surface area contributed by atoms with E-state index >= 15 is 4.39 Å². The van der Waals surface area contributed by atoms with Gasteiger partial charge in [0.05, 0.1) is 17.7 Å². The lowest BCUT2D eigenvalue weighted by Gasteiger charge is -2.34. The highest BCUT2D eigenvalue weighted by atomic mass is 35.5. The second kappa shape index (κ2) is 15.7. The molecule has 0 unspecified atom stereocenters. The Morgan fingerprint density at radius 3 is 2.15 bits per heavy atom. The van der Waals surface area contributed by atoms with Crippen molar-refractivity contribution in [2.24, 2.45) is 0 Å². The first-order valence-corrected chi connectivity index (χ1v) is 16.6. The summed E-state index contributed by atoms with van der Waals surface area (Å²) in [5, 5.41) is 3.34. The van der Waals surface area contributed by atoms with Gasteiger partial charge in [-0.1, -0.05) is 67.1 Å². The molecule has 0 heterocycles. The molecule has 46 heavy (non-hydrogen) atoms. The molecular weight excluding hydrogens is 629 g/mol. The van der Waals surface area contributed by atoms with Crippen molar-refractivity contribution < 1.29 is 27.1 Å². The highest BCUT2D eigenvalue weighted by Gasteiger charge is 2.35. The molecule has 4 aromatic rings. The van der Waals surface area contributed by atoms with Gasteiger partial charge in [-0.2, -0.15) is 0 Å². The quantitative estimate of drug-likeness (QED) is 0.172. The molecule has 242 valence electrons. The van der Waals surface area contributed by atoms with Crippen LogP contribution in [0.25, 0.3) is 0 Å². The number of benzene rings is 4. The second-order valence-electron chi connectivity index (χ2n) is 10.8. The molecule has 4 rings (SSSR count). The average molecular weight is 666 g/mol. The van der Waals surface area contributed by atoms with E-state index in [1.165, 1.54) is 78.7 Å². The van der Waals surface area contributed by atoms with E-state index in [2.05, 4.69) is 5.32 Å². The number of hydrogen-bond donors (Lipinski definition) is 1. The summed E-state index contributed by atoms with van der Waals surface area (Å²) in [6, 6.07) is 25.7. The number of anilines is 1. The molecule has 2 amide bonds. The molecule has 0 fully saturated rings. The van der Waals surface area contributed by atoms with E-state index in [1.807, 2.05) is 44.2 Å². The summed E-state index contributed by atoms with van der Waals surface area (Å²) in [7, 11) is -2.85. The van der Waals surface area contributed by atoms with Gasteiger partial charge in [0.1, 0.15) is 24.2 Å². The third-order valence-corrected chi connectivity index (χ3v) is 9.65. The van der Waals surface area contributed by atoms with E-state index in [0.29, 0.717) is 17.2 Å². The number of carbonyl (C=O) groups is 2. The fraction of sp³-hybridized carbons (Fsp3) is 0.257. The zero-order chi connectivity index (χ0) is 33.3. The third-order valence-electron chi connectivity index (χ3n) is 7.61. The minimum absolute atomic E-state index is 0.0768. The van der Waals surface area contributed by atoms with Crippen LogP contribution in [0.15, 0.2) is 108 Å². The van der Waals surface area contributed by atoms with Crippen molar-refractivity contribution >= 4 is 39.1 Å². The van der Waals surface area contributed by atoms with Crippen LogP contribution < -0.4 is 14.4 Å². The number of amides is 2. The predicted molar refractivity (Wildman–Crippen MR) is 178 cm³/mol. The Labute approximate surface area is 274 Å². The van der Waals surface area contributed by atoms with Gasteiger partial charge in [-0.25, -0.2) is 12.8 Å². The van der Waals surface area contributed by atoms with E-state index in [4.69, 9.17) is 16.3 Å². The van der Waals surface area contributed by atoms with Crippen LogP contribution >= 0.6 is 11.6 Å². The lowest BCUT2D eigenvalue weighted by atomic mass is 10.0. The maximum atomic E-state index is 15.0. The Hall–Kier alpha value is -4.41. The molecule has 2 atom stereocenters. The third kappa shape index (κ3) is 8.64. The number of ether oxygens (including phenoxy) is 1. The normalized spacial score (nSPS) is 12.5. The number of methoxy groups -OCH3 is 1. The smallest absolute Gasteiger partial charge is 0.264 e. The number of nitrogens with zero attached hydrogens (tertiary/aromatic N) is 2. The predicted octanol–water partition coefficient (Wildman–Crippen LogP) is 6.24. The second-order valence-corrected chi connectivity index (χ2v) is 13.1. The summed E-state index contributed by atoms with van der Waals surface area (Å²) in [6.45, 7) is 2.83. The fourth-order valence-electron chi connectivity index (χ4n) is 4.82. The highest BCUT2D eigenvalue weighted by Crippen LogP contribution is 2.27. The van der Waals surface area contributed by atoms with E-state index in [1.54, 1.807) is 6.07 Å². The van der Waals surface area contributed by atoms with Crippen molar-refractivity contribution in [3.63, 3.8) is 0 Å². The first kappa shape index (κ1) is 34.5. The lowest BCUT2D eigenvalue weighted by molar-refractivity contribution is -0.140. The van der Waals surface area contributed by atoms with Crippen molar-refractivity contribution in [1.29, 1.82) is 0 Å². The molecule has 0 bridgehead atoms. The van der Waals surface area contributed by atoms with Gasteiger partial charge in [0.15, 0.2) is 0 Å².